The smallest absolute Gasteiger partial charge is 0.405 e. The van der Waals surface area contributed by atoms with Crippen LogP contribution in [0.5, 0.6) is 5.75 Å². The second-order valence-corrected chi connectivity index (χ2v) is 17.9. The van der Waals surface area contributed by atoms with Crippen LogP contribution in [0.25, 0.3) is 11.0 Å². The van der Waals surface area contributed by atoms with Crippen molar-refractivity contribution in [3.05, 3.63) is 46.4 Å². The lowest BCUT2D eigenvalue weighted by molar-refractivity contribution is -0.138. The number of aromatic nitrogens is 2. The molecule has 2 atom stereocenters. The normalized spacial score (nSPS) is 18.2. The van der Waals surface area contributed by atoms with Gasteiger partial charge in [0.1, 0.15) is 30.1 Å². The lowest BCUT2D eigenvalue weighted by atomic mass is 9.99. The van der Waals surface area contributed by atoms with Crippen LogP contribution in [0.4, 0.5) is 4.79 Å². The number of amides is 4. The van der Waals surface area contributed by atoms with E-state index in [0.717, 1.165) is 61.2 Å². The summed E-state index contributed by atoms with van der Waals surface area (Å²) in [6.07, 6.45) is 19.6. The van der Waals surface area contributed by atoms with Gasteiger partial charge in [0, 0.05) is 12.6 Å². The number of ether oxygens (including phenoxy) is 1. The van der Waals surface area contributed by atoms with E-state index in [-0.39, 0.29) is 12.0 Å². The lowest BCUT2D eigenvalue weighted by Gasteiger charge is -2.26. The van der Waals surface area contributed by atoms with E-state index < -0.39 is 57.2 Å². The summed E-state index contributed by atoms with van der Waals surface area (Å²) < 4.78 is 31.3. The molecule has 5 N–H and O–H groups in total. The largest absolute Gasteiger partial charge is 0.497 e. The number of rotatable bonds is 20. The molecule has 0 spiro atoms. The molecule has 1 aromatic carbocycles. The van der Waals surface area contributed by atoms with Gasteiger partial charge in [0.2, 0.25) is 21.8 Å². The van der Waals surface area contributed by atoms with Gasteiger partial charge < -0.3 is 30.4 Å². The van der Waals surface area contributed by atoms with Crippen molar-refractivity contribution in [3.63, 3.8) is 0 Å². The molecule has 2 heterocycles. The molecular weight excluding hydrogens is 753 g/mol. The lowest BCUT2D eigenvalue weighted by Crippen LogP contribution is -2.55. The van der Waals surface area contributed by atoms with Crippen LogP contribution in [0.15, 0.2) is 35.1 Å². The van der Waals surface area contributed by atoms with Crippen molar-refractivity contribution < 1.29 is 37.4 Å². The van der Waals surface area contributed by atoms with Crippen molar-refractivity contribution in [2.24, 2.45) is 5.92 Å². The quantitative estimate of drug-likeness (QED) is 0.0838. The molecule has 0 bridgehead atoms. The van der Waals surface area contributed by atoms with Crippen molar-refractivity contribution in [1.29, 1.82) is 0 Å². The zero-order valence-electron chi connectivity index (χ0n) is 33.8. The number of unbranched alkanes of at least 4 members (excludes halogenated alkanes) is 5. The maximum Gasteiger partial charge on any atom is 0.405 e. The molecule has 1 aromatic heterocycles. The Balaban J connectivity index is 0.000000271. The Bertz CT molecular complexity index is 1870. The highest BCUT2D eigenvalue weighted by Gasteiger charge is 2.51. The van der Waals surface area contributed by atoms with Crippen molar-refractivity contribution in [2.45, 2.75) is 146 Å². The van der Waals surface area contributed by atoms with Gasteiger partial charge in [0.25, 0.3) is 11.5 Å². The minimum absolute atomic E-state index is 0.0680. The van der Waals surface area contributed by atoms with Gasteiger partial charge in [-0.05, 0) is 82.8 Å². The van der Waals surface area contributed by atoms with Gasteiger partial charge in [-0.3, -0.25) is 23.9 Å². The Hall–Kier alpha value is -4.47. The van der Waals surface area contributed by atoms with E-state index in [2.05, 4.69) is 26.9 Å². The summed E-state index contributed by atoms with van der Waals surface area (Å²) in [5, 5.41) is 13.3. The van der Waals surface area contributed by atoms with Gasteiger partial charge >= 0.3 is 6.09 Å². The summed E-state index contributed by atoms with van der Waals surface area (Å²) in [7, 11) is -2.25. The van der Waals surface area contributed by atoms with Crippen LogP contribution in [0.2, 0.25) is 0 Å². The summed E-state index contributed by atoms with van der Waals surface area (Å²) in [6, 6.07) is 3.60. The zero-order valence-corrected chi connectivity index (χ0v) is 34.6. The Labute approximate surface area is 336 Å². The molecule has 16 heteroatoms. The number of likely N-dealkylation sites (tertiary alicyclic amines) is 1. The van der Waals surface area contributed by atoms with E-state index in [1.54, 1.807) is 20.1 Å². The predicted octanol–water partition coefficient (Wildman–Crippen LogP) is 5.48. The highest BCUT2D eigenvalue weighted by Crippen LogP contribution is 2.42. The van der Waals surface area contributed by atoms with Crippen LogP contribution in [0.3, 0.4) is 0 Å². The predicted molar refractivity (Wildman–Crippen MR) is 218 cm³/mol. The number of aryl methyl sites for hydroxylation is 1. The maximum absolute atomic E-state index is 13.0. The number of methoxy groups -OCH3 is 1. The number of benzene rings is 1. The maximum atomic E-state index is 13.0. The molecule has 0 radical (unpaired) electrons. The fourth-order valence-corrected chi connectivity index (χ4v) is 8.62. The molecular formula is C41H62N6O9S. The number of fused-ring (bicyclic) bond motifs is 1. The summed E-state index contributed by atoms with van der Waals surface area (Å²) >= 11 is 0. The average Bonchev–Trinajstić information content (AvgIpc) is 3.51. The molecule has 3 fully saturated rings. The van der Waals surface area contributed by atoms with E-state index >= 15 is 0 Å². The molecule has 5 rings (SSSR count). The molecule has 2 saturated carbocycles. The summed E-state index contributed by atoms with van der Waals surface area (Å²) in [6.45, 7) is 3.49. The van der Waals surface area contributed by atoms with E-state index in [4.69, 9.17) is 9.84 Å². The number of allylic oxidation sites excluding steroid dienone is 1. The minimum Gasteiger partial charge on any atom is -0.497 e. The van der Waals surface area contributed by atoms with Gasteiger partial charge in [-0.1, -0.05) is 76.9 Å². The van der Waals surface area contributed by atoms with E-state index in [0.29, 0.717) is 37.9 Å². The van der Waals surface area contributed by atoms with Gasteiger partial charge in [-0.2, -0.15) is 0 Å². The SMILES string of the molecule is CCCCC/C=C\CC(NC(=O)C1CCCN1C(=O)CNC(=O)O)C(=O)NS(=O)(=O)C1(C)CC1.COc1ccc2nc(CCCCCC3CCCC3)c(=O)[nH]c2c1. The Morgan fingerprint density at radius 2 is 1.81 bits per heavy atom. The van der Waals surface area contributed by atoms with Crippen LogP contribution in [-0.4, -0.2) is 89.2 Å². The molecule has 57 heavy (non-hydrogen) atoms. The van der Waals surface area contributed by atoms with E-state index in [9.17, 15) is 32.4 Å². The molecule has 1 aliphatic heterocycles. The number of carbonyl (C=O) groups excluding carboxylic acids is 3. The highest BCUT2D eigenvalue weighted by atomic mass is 32.2. The first-order valence-electron chi connectivity index (χ1n) is 20.6. The number of carboxylic acid groups (broad SMARTS) is 1. The number of nitrogens with zero attached hydrogens (tertiary/aromatic N) is 2. The van der Waals surface area contributed by atoms with Gasteiger partial charge in [-0.15, -0.1) is 0 Å². The first kappa shape index (κ1) is 45.2. The third-order valence-electron chi connectivity index (χ3n) is 11.2. The van der Waals surface area contributed by atoms with Crippen LogP contribution < -0.4 is 25.7 Å². The molecule has 1 saturated heterocycles. The van der Waals surface area contributed by atoms with Crippen molar-refractivity contribution >= 4 is 44.9 Å². The molecule has 2 unspecified atom stereocenters. The summed E-state index contributed by atoms with van der Waals surface area (Å²) in [5.74, 6) is -0.235. The van der Waals surface area contributed by atoms with Crippen LogP contribution in [0, 0.1) is 5.92 Å². The van der Waals surface area contributed by atoms with E-state index in [1.807, 2.05) is 29.6 Å². The van der Waals surface area contributed by atoms with Gasteiger partial charge in [-0.25, -0.2) is 18.2 Å². The Morgan fingerprint density at radius 3 is 2.49 bits per heavy atom. The van der Waals surface area contributed by atoms with Gasteiger partial charge in [0.15, 0.2) is 0 Å². The first-order chi connectivity index (χ1) is 27.3. The fourth-order valence-electron chi connectivity index (χ4n) is 7.32. The number of H-pyrrole nitrogens is 1. The van der Waals surface area contributed by atoms with Crippen LogP contribution >= 0.6 is 0 Å². The third kappa shape index (κ3) is 13.9. The standard InChI is InChI=1S/C22H36N4O7S.C19H26N2O2/c1-3-4-5-6-7-8-10-16(19(28)25-34(32,33)22(2)12-13-22)24-20(29)17-11-9-14-26(17)18(27)15-23-21(30)31;1-23-15-11-12-16-18(13-15)21-19(22)17(20-16)10-4-2-3-7-14-8-5-6-9-14/h7-8,16-17,23H,3-6,9-15H2,1-2H3,(H,24,29)(H,25,28)(H,30,31);11-14H,2-10H2,1H3,(H,21,22)/b8-7-;. The third-order valence-corrected chi connectivity index (χ3v) is 13.4. The minimum atomic E-state index is -3.87. The summed E-state index contributed by atoms with van der Waals surface area (Å²) in [4.78, 5) is 69.7. The fraction of sp³-hybridized carbons (Fsp3) is 0.659. The van der Waals surface area contributed by atoms with Gasteiger partial charge in [0.05, 0.1) is 22.9 Å². The first-order valence-corrected chi connectivity index (χ1v) is 22.1. The number of hydrogen-bond acceptors (Lipinski definition) is 9. The van der Waals surface area contributed by atoms with Crippen molar-refractivity contribution in [3.8, 4) is 5.75 Å². The number of aromatic amines is 1. The van der Waals surface area contributed by atoms with Crippen LogP contribution in [-0.2, 0) is 30.8 Å². The number of sulfonamides is 1. The average molecular weight is 815 g/mol. The molecule has 15 nitrogen and oxygen atoms in total. The molecule has 3 aliphatic rings. The van der Waals surface area contributed by atoms with E-state index in [1.165, 1.54) is 49.8 Å². The molecule has 4 amide bonds. The van der Waals surface area contributed by atoms with Crippen molar-refractivity contribution in [2.75, 3.05) is 20.2 Å². The second kappa shape index (κ2) is 21.9. The Morgan fingerprint density at radius 1 is 1.05 bits per heavy atom. The second-order valence-electron chi connectivity index (χ2n) is 15.7. The topological polar surface area (TPSA) is 217 Å². The summed E-state index contributed by atoms with van der Waals surface area (Å²) in [5.41, 5.74) is 2.15. The zero-order chi connectivity index (χ0) is 41.4. The Kier molecular flexibility index (Phi) is 17.4. The van der Waals surface area contributed by atoms with Crippen molar-refractivity contribution in [1.82, 2.24) is 30.2 Å². The number of carbonyl (C=O) groups is 4. The number of hydrogen-bond donors (Lipinski definition) is 5. The molecule has 2 aliphatic carbocycles. The molecule has 316 valence electrons. The highest BCUT2D eigenvalue weighted by molar-refractivity contribution is 7.91. The molecule has 2 aromatic rings. The van der Waals surface area contributed by atoms with Crippen LogP contribution in [0.1, 0.15) is 129 Å². The monoisotopic (exact) mass is 814 g/mol. The number of nitrogens with one attached hydrogen (secondary N) is 4.